The smallest absolute Gasteiger partial charge is 0.0387 e. The second-order valence-electron chi connectivity index (χ2n) is 6.44. The van der Waals surface area contributed by atoms with Gasteiger partial charge in [0.15, 0.2) is 0 Å². The molecule has 2 fully saturated rings. The number of hydrogen-bond donors (Lipinski definition) is 1. The first-order chi connectivity index (χ1) is 8.79. The van der Waals surface area contributed by atoms with E-state index in [2.05, 4.69) is 18.7 Å². The summed E-state index contributed by atoms with van der Waals surface area (Å²) in [5.41, 5.74) is 6.71. The molecule has 2 rings (SSSR count). The molecule has 2 saturated carbocycles. The Hall–Kier alpha value is -0.0800. The van der Waals surface area contributed by atoms with Crippen LogP contribution in [0.5, 0.6) is 0 Å². The fraction of sp³-hybridized carbons (Fsp3) is 1.00. The minimum atomic E-state index is 0.364. The third-order valence-electron chi connectivity index (χ3n) is 5.53. The fourth-order valence-electron chi connectivity index (χ4n) is 4.20. The molecule has 0 unspecified atom stereocenters. The van der Waals surface area contributed by atoms with E-state index in [0.29, 0.717) is 5.54 Å². The SMILES string of the molecule is CCCN(CCC)C(CN)(C1CCC1)C1CCC1. The Kier molecular flexibility index (Phi) is 5.08. The van der Waals surface area contributed by atoms with E-state index in [1.165, 1.54) is 64.5 Å². The van der Waals surface area contributed by atoms with Crippen LogP contribution in [0.25, 0.3) is 0 Å². The van der Waals surface area contributed by atoms with Crippen molar-refractivity contribution in [2.45, 2.75) is 70.8 Å². The quantitative estimate of drug-likeness (QED) is 0.717. The molecule has 0 heterocycles. The van der Waals surface area contributed by atoms with Crippen LogP contribution in [0.4, 0.5) is 0 Å². The summed E-state index contributed by atoms with van der Waals surface area (Å²) in [6.45, 7) is 8.01. The zero-order chi connectivity index (χ0) is 13.0. The third-order valence-corrected chi connectivity index (χ3v) is 5.53. The van der Waals surface area contributed by atoms with Crippen molar-refractivity contribution < 1.29 is 0 Å². The fourth-order valence-corrected chi connectivity index (χ4v) is 4.20. The predicted molar refractivity (Wildman–Crippen MR) is 78.6 cm³/mol. The van der Waals surface area contributed by atoms with E-state index in [4.69, 9.17) is 5.73 Å². The monoisotopic (exact) mass is 252 g/mol. The first kappa shape index (κ1) is 14.3. The lowest BCUT2D eigenvalue weighted by Crippen LogP contribution is -2.66. The maximum atomic E-state index is 6.35. The van der Waals surface area contributed by atoms with Gasteiger partial charge in [-0.25, -0.2) is 0 Å². The molecule has 18 heavy (non-hydrogen) atoms. The molecule has 0 amide bonds. The number of hydrogen-bond acceptors (Lipinski definition) is 2. The van der Waals surface area contributed by atoms with Crippen LogP contribution in [0.1, 0.15) is 65.2 Å². The molecule has 2 aliphatic rings. The van der Waals surface area contributed by atoms with E-state index in [0.717, 1.165) is 18.4 Å². The van der Waals surface area contributed by atoms with E-state index >= 15 is 0 Å². The Morgan fingerprint density at radius 3 is 1.61 bits per heavy atom. The molecule has 2 nitrogen and oxygen atoms in total. The molecule has 0 radical (unpaired) electrons. The molecule has 0 aromatic carbocycles. The molecule has 0 atom stereocenters. The van der Waals surface area contributed by atoms with Crippen molar-refractivity contribution in [1.82, 2.24) is 4.90 Å². The highest BCUT2D eigenvalue weighted by molar-refractivity contribution is 5.06. The lowest BCUT2D eigenvalue weighted by atomic mass is 9.58. The number of nitrogens with zero attached hydrogens (tertiary/aromatic N) is 1. The highest BCUT2D eigenvalue weighted by Crippen LogP contribution is 2.50. The average molecular weight is 252 g/mol. The summed E-state index contributed by atoms with van der Waals surface area (Å²) in [6, 6.07) is 0. The molecule has 0 aliphatic heterocycles. The van der Waals surface area contributed by atoms with Gasteiger partial charge in [-0.15, -0.1) is 0 Å². The zero-order valence-corrected chi connectivity index (χ0v) is 12.5. The second kappa shape index (κ2) is 6.38. The van der Waals surface area contributed by atoms with Gasteiger partial charge in [-0.2, -0.15) is 0 Å². The Morgan fingerprint density at radius 2 is 1.39 bits per heavy atom. The maximum Gasteiger partial charge on any atom is 0.0387 e. The van der Waals surface area contributed by atoms with Crippen molar-refractivity contribution in [3.63, 3.8) is 0 Å². The largest absolute Gasteiger partial charge is 0.329 e. The Balaban J connectivity index is 2.18. The zero-order valence-electron chi connectivity index (χ0n) is 12.5. The van der Waals surface area contributed by atoms with Crippen LogP contribution in [0.15, 0.2) is 0 Å². The van der Waals surface area contributed by atoms with Gasteiger partial charge in [0.05, 0.1) is 0 Å². The van der Waals surface area contributed by atoms with Crippen LogP contribution in [0, 0.1) is 11.8 Å². The van der Waals surface area contributed by atoms with Crippen LogP contribution >= 0.6 is 0 Å². The molecule has 2 heteroatoms. The van der Waals surface area contributed by atoms with Crippen LogP contribution in [-0.2, 0) is 0 Å². The van der Waals surface area contributed by atoms with Gasteiger partial charge in [0.25, 0.3) is 0 Å². The summed E-state index contributed by atoms with van der Waals surface area (Å²) in [4.78, 5) is 2.79. The van der Waals surface area contributed by atoms with Gasteiger partial charge < -0.3 is 5.73 Å². The minimum absolute atomic E-state index is 0.364. The van der Waals surface area contributed by atoms with E-state index < -0.39 is 0 Å². The predicted octanol–water partition coefficient (Wildman–Crippen LogP) is 3.41. The van der Waals surface area contributed by atoms with Crippen molar-refractivity contribution in [2.75, 3.05) is 19.6 Å². The van der Waals surface area contributed by atoms with Gasteiger partial charge in [0.2, 0.25) is 0 Å². The Bertz CT molecular complexity index is 223. The molecule has 0 spiro atoms. The minimum Gasteiger partial charge on any atom is -0.329 e. The number of nitrogens with two attached hydrogens (primary N) is 1. The summed E-state index contributed by atoms with van der Waals surface area (Å²) in [6.07, 6.45) is 11.1. The lowest BCUT2D eigenvalue weighted by molar-refractivity contribution is -0.0677. The molecule has 0 aromatic rings. The maximum absolute atomic E-state index is 6.35. The van der Waals surface area contributed by atoms with Crippen molar-refractivity contribution in [3.8, 4) is 0 Å². The summed E-state index contributed by atoms with van der Waals surface area (Å²) in [7, 11) is 0. The molecule has 106 valence electrons. The standard InChI is InChI=1S/C16H32N2/c1-3-11-18(12-4-2)16(13-17,14-7-5-8-14)15-9-6-10-15/h14-15H,3-13,17H2,1-2H3. The lowest BCUT2D eigenvalue weighted by Gasteiger charge is -2.58. The van der Waals surface area contributed by atoms with E-state index in [-0.39, 0.29) is 0 Å². The first-order valence-electron chi connectivity index (χ1n) is 8.24. The van der Waals surface area contributed by atoms with E-state index in [1.807, 2.05) is 0 Å². The van der Waals surface area contributed by atoms with Gasteiger partial charge in [0.1, 0.15) is 0 Å². The van der Waals surface area contributed by atoms with Gasteiger partial charge >= 0.3 is 0 Å². The van der Waals surface area contributed by atoms with Crippen LogP contribution in [-0.4, -0.2) is 30.1 Å². The topological polar surface area (TPSA) is 29.3 Å². The van der Waals surface area contributed by atoms with Crippen molar-refractivity contribution >= 4 is 0 Å². The van der Waals surface area contributed by atoms with Gasteiger partial charge in [0, 0.05) is 12.1 Å². The summed E-state index contributed by atoms with van der Waals surface area (Å²) in [5, 5.41) is 0. The molecule has 2 N–H and O–H groups in total. The highest BCUT2D eigenvalue weighted by Gasteiger charge is 2.51. The molecule has 2 aliphatic carbocycles. The highest BCUT2D eigenvalue weighted by atomic mass is 15.2. The molecule has 0 aromatic heterocycles. The van der Waals surface area contributed by atoms with Crippen molar-refractivity contribution in [1.29, 1.82) is 0 Å². The summed E-state index contributed by atoms with van der Waals surface area (Å²) >= 11 is 0. The van der Waals surface area contributed by atoms with Crippen molar-refractivity contribution in [2.24, 2.45) is 17.6 Å². The molecular weight excluding hydrogens is 220 g/mol. The van der Waals surface area contributed by atoms with Gasteiger partial charge in [-0.1, -0.05) is 26.7 Å². The Morgan fingerprint density at radius 1 is 0.944 bits per heavy atom. The number of rotatable bonds is 8. The Labute approximate surface area is 113 Å². The van der Waals surface area contributed by atoms with Crippen molar-refractivity contribution in [3.05, 3.63) is 0 Å². The molecule has 0 bridgehead atoms. The normalized spacial score (nSPS) is 22.0. The summed E-state index contributed by atoms with van der Waals surface area (Å²) in [5.74, 6) is 1.79. The summed E-state index contributed by atoms with van der Waals surface area (Å²) < 4.78 is 0. The van der Waals surface area contributed by atoms with Gasteiger partial charge in [-0.05, 0) is 63.5 Å². The molecular formula is C16H32N2. The van der Waals surface area contributed by atoms with Gasteiger partial charge in [-0.3, -0.25) is 4.90 Å². The average Bonchev–Trinajstić information content (AvgIpc) is 2.22. The van der Waals surface area contributed by atoms with Crippen LogP contribution in [0.2, 0.25) is 0 Å². The van der Waals surface area contributed by atoms with Crippen LogP contribution in [0.3, 0.4) is 0 Å². The first-order valence-corrected chi connectivity index (χ1v) is 8.24. The third kappa shape index (κ3) is 2.34. The van der Waals surface area contributed by atoms with E-state index in [9.17, 15) is 0 Å². The van der Waals surface area contributed by atoms with E-state index in [1.54, 1.807) is 0 Å². The van der Waals surface area contributed by atoms with Crippen LogP contribution < -0.4 is 5.73 Å². The molecule has 0 saturated heterocycles. The second-order valence-corrected chi connectivity index (χ2v) is 6.44.